The first kappa shape index (κ1) is 35.2. The Balaban J connectivity index is 1.08. The highest BCUT2D eigenvalue weighted by molar-refractivity contribution is 8.05. The predicted octanol–water partition coefficient (Wildman–Crippen LogP) is 6.18. The highest BCUT2D eigenvalue weighted by atomic mass is 32.2. The summed E-state index contributed by atoms with van der Waals surface area (Å²) in [7, 11) is 8.30. The molecule has 0 bridgehead atoms. The van der Waals surface area contributed by atoms with Gasteiger partial charge in [0.1, 0.15) is 23.3 Å². The van der Waals surface area contributed by atoms with Gasteiger partial charge in [0, 0.05) is 139 Å². The quantitative estimate of drug-likeness (QED) is 0.195. The van der Waals surface area contributed by atoms with E-state index in [0.29, 0.717) is 0 Å². The van der Waals surface area contributed by atoms with Crippen LogP contribution >= 0.6 is 47.0 Å². The molecule has 5 aromatic carbocycles. The fourth-order valence-corrected chi connectivity index (χ4v) is 15.0. The van der Waals surface area contributed by atoms with Crippen LogP contribution in [0.1, 0.15) is 0 Å². The number of hydrogen-bond acceptors (Lipinski definition) is 8. The molecule has 0 N–H and O–H groups in total. The van der Waals surface area contributed by atoms with Gasteiger partial charge < -0.3 is 18.3 Å². The van der Waals surface area contributed by atoms with E-state index in [0.717, 1.165) is 45.6 Å². The number of benzene rings is 5. The molecule has 0 saturated heterocycles. The van der Waals surface area contributed by atoms with Gasteiger partial charge in [-0.05, 0) is 35.2 Å². The normalized spacial score (nSPS) is 14.0. The first-order valence-corrected chi connectivity index (χ1v) is 23.1. The molecule has 0 atom stereocenters. The molecule has 0 amide bonds. The Bertz CT molecular complexity index is 2890. The average Bonchev–Trinajstić information content (AvgIpc) is 4.10. The Morgan fingerprint density at radius 1 is 0.367 bits per heavy atom. The summed E-state index contributed by atoms with van der Waals surface area (Å²) in [4.78, 5) is 29.8. The largest absolute Gasteiger partial charge is 0.334 e. The molecule has 9 aromatic rings. The lowest BCUT2D eigenvalue weighted by atomic mass is 9.34. The minimum absolute atomic E-state index is 0.0310. The van der Waals surface area contributed by atoms with E-state index >= 15 is 0 Å². The van der Waals surface area contributed by atoms with Gasteiger partial charge in [-0.15, -0.1) is 0 Å². The Labute approximate surface area is 364 Å². The maximum atomic E-state index is 4.79. The van der Waals surface area contributed by atoms with Crippen molar-refractivity contribution in [3.05, 3.63) is 122 Å². The Hall–Kier alpha value is -5.53. The van der Waals surface area contributed by atoms with Gasteiger partial charge in [-0.3, -0.25) is 0 Å². The van der Waals surface area contributed by atoms with E-state index in [2.05, 4.69) is 119 Å². The second-order valence-corrected chi connectivity index (χ2v) is 20.1. The van der Waals surface area contributed by atoms with Gasteiger partial charge in [-0.1, -0.05) is 117 Å². The van der Waals surface area contributed by atoms with Crippen molar-refractivity contribution in [3.63, 3.8) is 0 Å². The maximum Gasteiger partial charge on any atom is 0.247 e. The molecule has 0 fully saturated rings. The lowest BCUT2D eigenvalue weighted by molar-refractivity contribution is 0.924. The van der Waals surface area contributed by atoms with Crippen molar-refractivity contribution in [2.45, 2.75) is 39.2 Å². The predicted molar refractivity (Wildman–Crippen MR) is 247 cm³/mol. The molecule has 8 heterocycles. The molecule has 0 spiro atoms. The topological polar surface area (TPSA) is 71.3 Å². The standard InChI is InChI=1S/C46H32B2N8S4/c1-53-17-13-49-43(53)25-5-9-33-29(21-25)47-30-22-26(44-50-14-18-54(44)2)6-10-34(30)58-40-37(47)39(57-33)41-38-42(40)60-36-12-8-28(46-52-16-20-56(46)4)24-32(36)48(38)31-23-27(7-11-35(31)59-41)45-51-15-19-55(45)3/h5-24H,1-4H3. The van der Waals surface area contributed by atoms with Gasteiger partial charge in [0.05, 0.1) is 0 Å². The van der Waals surface area contributed by atoms with Crippen molar-refractivity contribution >= 4 is 93.2 Å². The van der Waals surface area contributed by atoms with Crippen molar-refractivity contribution in [3.8, 4) is 45.6 Å². The number of imidazole rings is 4. The van der Waals surface area contributed by atoms with Crippen molar-refractivity contribution in [1.82, 2.24) is 38.2 Å². The number of aromatic nitrogens is 8. The van der Waals surface area contributed by atoms with Crippen LogP contribution in [0.3, 0.4) is 0 Å². The number of fused-ring (bicyclic) bond motifs is 10. The molecule has 0 radical (unpaired) electrons. The minimum Gasteiger partial charge on any atom is -0.334 e. The van der Waals surface area contributed by atoms with Crippen molar-refractivity contribution in [1.29, 1.82) is 0 Å². The number of rotatable bonds is 4. The van der Waals surface area contributed by atoms with Crippen molar-refractivity contribution < 1.29 is 0 Å². The van der Waals surface area contributed by atoms with Crippen molar-refractivity contribution in [2.24, 2.45) is 28.2 Å². The fourth-order valence-electron chi connectivity index (χ4n) is 9.62. The van der Waals surface area contributed by atoms with E-state index in [-0.39, 0.29) is 13.4 Å². The van der Waals surface area contributed by atoms with Crippen LogP contribution in [0.4, 0.5) is 0 Å². The number of aryl methyl sites for hydroxylation is 4. The number of nitrogens with zero attached hydrogens (tertiary/aromatic N) is 8. The smallest absolute Gasteiger partial charge is 0.247 e. The molecule has 4 aliphatic rings. The van der Waals surface area contributed by atoms with Gasteiger partial charge in [-0.2, -0.15) is 0 Å². The SMILES string of the molecule is Cn1ccnc1-c1ccc2c(c1)B1c3cc(-c4nccn4C)ccc3Sc3c4c5c(c(c31)S2)Sc1ccc(-c2nccn2C)cc1B5c1cc(-c2nccn2C)ccc1S4. The van der Waals surface area contributed by atoms with Crippen LogP contribution in [-0.4, -0.2) is 51.6 Å². The van der Waals surface area contributed by atoms with E-state index in [9.17, 15) is 0 Å². The summed E-state index contributed by atoms with van der Waals surface area (Å²) < 4.78 is 8.45. The lowest BCUT2D eigenvalue weighted by Crippen LogP contribution is -2.62. The van der Waals surface area contributed by atoms with Crippen LogP contribution in [0.2, 0.25) is 0 Å². The van der Waals surface area contributed by atoms with Crippen LogP contribution in [0.15, 0.2) is 162 Å². The van der Waals surface area contributed by atoms with Gasteiger partial charge >= 0.3 is 0 Å². The third-order valence-corrected chi connectivity index (χ3v) is 17.6. The second-order valence-electron chi connectivity index (χ2n) is 15.9. The van der Waals surface area contributed by atoms with Crippen LogP contribution in [0.25, 0.3) is 45.6 Å². The zero-order valence-corrected chi connectivity index (χ0v) is 36.2. The molecular formula is C46H32B2N8S4. The van der Waals surface area contributed by atoms with E-state index in [1.165, 1.54) is 71.9 Å². The first-order chi connectivity index (χ1) is 29.4. The zero-order valence-electron chi connectivity index (χ0n) is 32.9. The number of hydrogen-bond donors (Lipinski definition) is 0. The van der Waals surface area contributed by atoms with Gasteiger partial charge in [-0.25, -0.2) is 19.9 Å². The minimum atomic E-state index is 0.0310. The first-order valence-electron chi connectivity index (χ1n) is 19.8. The summed E-state index contributed by atoms with van der Waals surface area (Å²) in [5.74, 6) is 3.88. The summed E-state index contributed by atoms with van der Waals surface area (Å²) in [5.41, 5.74) is 12.7. The third kappa shape index (κ3) is 5.02. The molecule has 14 heteroatoms. The molecule has 4 aromatic heterocycles. The molecule has 8 nitrogen and oxygen atoms in total. The molecule has 0 unspecified atom stereocenters. The molecule has 4 aliphatic heterocycles. The molecule has 0 aliphatic carbocycles. The third-order valence-electron chi connectivity index (χ3n) is 12.4. The van der Waals surface area contributed by atoms with Gasteiger partial charge in [0.25, 0.3) is 0 Å². The van der Waals surface area contributed by atoms with Crippen LogP contribution in [0, 0.1) is 0 Å². The second kappa shape index (κ2) is 13.0. The summed E-state index contributed by atoms with van der Waals surface area (Å²) in [6.07, 6.45) is 15.7. The Morgan fingerprint density at radius 2 is 0.617 bits per heavy atom. The highest BCUT2D eigenvalue weighted by Gasteiger charge is 2.47. The van der Waals surface area contributed by atoms with Crippen molar-refractivity contribution in [2.75, 3.05) is 0 Å². The van der Waals surface area contributed by atoms with Crippen LogP contribution < -0.4 is 32.8 Å². The fraction of sp³-hybridized carbons (Fsp3) is 0.0870. The highest BCUT2D eigenvalue weighted by Crippen LogP contribution is 2.51. The average molecular weight is 847 g/mol. The molecular weight excluding hydrogens is 814 g/mol. The van der Waals surface area contributed by atoms with Gasteiger partial charge in [0.2, 0.25) is 13.4 Å². The summed E-state index contributed by atoms with van der Waals surface area (Å²) in [6.45, 7) is 0.0621. The molecule has 0 saturated carbocycles. The lowest BCUT2D eigenvalue weighted by Gasteiger charge is -2.41. The summed E-state index contributed by atoms with van der Waals surface area (Å²) in [6, 6.07) is 28.0. The molecule has 60 heavy (non-hydrogen) atoms. The monoisotopic (exact) mass is 846 g/mol. The van der Waals surface area contributed by atoms with E-state index in [1.54, 1.807) is 0 Å². The maximum absolute atomic E-state index is 4.79. The van der Waals surface area contributed by atoms with Crippen LogP contribution in [-0.2, 0) is 28.2 Å². The van der Waals surface area contributed by atoms with E-state index in [1.807, 2.05) is 96.6 Å². The van der Waals surface area contributed by atoms with Crippen LogP contribution in [0.5, 0.6) is 0 Å². The van der Waals surface area contributed by atoms with E-state index < -0.39 is 0 Å². The summed E-state index contributed by atoms with van der Waals surface area (Å²) in [5, 5.41) is 0. The summed E-state index contributed by atoms with van der Waals surface area (Å²) >= 11 is 7.79. The van der Waals surface area contributed by atoms with E-state index in [4.69, 9.17) is 19.9 Å². The van der Waals surface area contributed by atoms with Gasteiger partial charge in [0.15, 0.2) is 0 Å². The molecule has 13 rings (SSSR count). The zero-order chi connectivity index (χ0) is 40.0. The Morgan fingerprint density at radius 3 is 0.833 bits per heavy atom. The Kier molecular flexibility index (Phi) is 7.63. The molecule has 286 valence electrons.